The molecular weight excluding hydrogens is 322 g/mol. The van der Waals surface area contributed by atoms with Crippen LogP contribution in [0.25, 0.3) is 0 Å². The van der Waals surface area contributed by atoms with Crippen LogP contribution in [-0.2, 0) is 4.79 Å². The van der Waals surface area contributed by atoms with Gasteiger partial charge in [0.1, 0.15) is 11.5 Å². The zero-order valence-electron chi connectivity index (χ0n) is 14.4. The van der Waals surface area contributed by atoms with Gasteiger partial charge in [-0.05, 0) is 48.5 Å². The number of carbonyl (C=O) groups is 2. The van der Waals surface area contributed by atoms with Gasteiger partial charge in [-0.1, -0.05) is 13.8 Å². The van der Waals surface area contributed by atoms with Crippen molar-refractivity contribution in [3.63, 3.8) is 0 Å². The Hall–Kier alpha value is -3.02. The van der Waals surface area contributed by atoms with Crippen LogP contribution in [0, 0.1) is 5.92 Å². The molecule has 0 bridgehead atoms. The van der Waals surface area contributed by atoms with Gasteiger partial charge in [0.15, 0.2) is 6.10 Å². The van der Waals surface area contributed by atoms with E-state index in [9.17, 15) is 9.59 Å². The Morgan fingerprint density at radius 3 is 2.00 bits per heavy atom. The number of methoxy groups -OCH3 is 1. The van der Waals surface area contributed by atoms with E-state index in [0.717, 1.165) is 0 Å². The number of ether oxygens (including phenoxy) is 2. The first-order chi connectivity index (χ1) is 11.9. The molecule has 2 rings (SSSR count). The summed E-state index contributed by atoms with van der Waals surface area (Å²) in [6, 6.07) is 13.3. The number of hydrogen-bond donors (Lipinski definition) is 2. The molecule has 132 valence electrons. The van der Waals surface area contributed by atoms with Crippen molar-refractivity contribution in [2.24, 2.45) is 5.92 Å². The van der Waals surface area contributed by atoms with Crippen molar-refractivity contribution in [1.29, 1.82) is 0 Å². The molecule has 1 amide bonds. The summed E-state index contributed by atoms with van der Waals surface area (Å²) < 4.78 is 10.5. The maximum absolute atomic E-state index is 12.2. The highest BCUT2D eigenvalue weighted by atomic mass is 16.5. The summed E-state index contributed by atoms with van der Waals surface area (Å²) in [6.45, 7) is 3.55. The summed E-state index contributed by atoms with van der Waals surface area (Å²) in [6.07, 6.45) is -0.932. The van der Waals surface area contributed by atoms with Crippen molar-refractivity contribution in [1.82, 2.24) is 0 Å². The highest BCUT2D eigenvalue weighted by Crippen LogP contribution is 2.19. The Balaban J connectivity index is 2.03. The van der Waals surface area contributed by atoms with Crippen molar-refractivity contribution in [3.05, 3.63) is 54.1 Å². The molecule has 0 aliphatic heterocycles. The number of carbonyl (C=O) groups excluding carboxylic acids is 1. The number of nitrogens with one attached hydrogen (secondary N) is 1. The zero-order chi connectivity index (χ0) is 18.4. The summed E-state index contributed by atoms with van der Waals surface area (Å²) in [5, 5.41) is 11.9. The number of carboxylic acids is 1. The van der Waals surface area contributed by atoms with Crippen molar-refractivity contribution < 1.29 is 24.2 Å². The average molecular weight is 343 g/mol. The van der Waals surface area contributed by atoms with Crippen molar-refractivity contribution in [3.8, 4) is 11.5 Å². The minimum Gasteiger partial charge on any atom is -0.497 e. The molecule has 2 aromatic rings. The van der Waals surface area contributed by atoms with Crippen LogP contribution in [0.3, 0.4) is 0 Å². The molecule has 2 N–H and O–H groups in total. The van der Waals surface area contributed by atoms with Crippen LogP contribution in [0.5, 0.6) is 11.5 Å². The first-order valence-corrected chi connectivity index (χ1v) is 7.85. The normalized spacial score (nSPS) is 11.7. The quantitative estimate of drug-likeness (QED) is 0.804. The largest absolute Gasteiger partial charge is 0.497 e. The third-order valence-electron chi connectivity index (χ3n) is 3.58. The van der Waals surface area contributed by atoms with Gasteiger partial charge in [0.05, 0.1) is 7.11 Å². The predicted octanol–water partition coefficient (Wildman–Crippen LogP) is 3.44. The minimum atomic E-state index is -1.02. The monoisotopic (exact) mass is 343 g/mol. The molecule has 25 heavy (non-hydrogen) atoms. The average Bonchev–Trinajstić information content (AvgIpc) is 2.60. The molecule has 6 heteroatoms. The van der Waals surface area contributed by atoms with E-state index in [4.69, 9.17) is 14.6 Å². The Labute approximate surface area is 146 Å². The van der Waals surface area contributed by atoms with Gasteiger partial charge in [-0.15, -0.1) is 0 Å². The van der Waals surface area contributed by atoms with Gasteiger partial charge in [-0.25, -0.2) is 4.79 Å². The maximum atomic E-state index is 12.2. The molecule has 1 unspecified atom stereocenters. The first kappa shape index (κ1) is 18.3. The number of anilines is 1. The smallest absolute Gasteiger partial charge is 0.345 e. The zero-order valence-corrected chi connectivity index (χ0v) is 14.4. The first-order valence-electron chi connectivity index (χ1n) is 7.85. The molecular formula is C19H21NO5. The van der Waals surface area contributed by atoms with Gasteiger partial charge >= 0.3 is 5.97 Å². The summed E-state index contributed by atoms with van der Waals surface area (Å²) in [5.41, 5.74) is 1.09. The number of hydrogen-bond acceptors (Lipinski definition) is 4. The SMILES string of the molecule is COc1ccc(NC(=O)c2ccc(OC(C(=O)O)C(C)C)cc2)cc1. The molecule has 0 fully saturated rings. The van der Waals surface area contributed by atoms with E-state index >= 15 is 0 Å². The van der Waals surface area contributed by atoms with Crippen molar-refractivity contribution in [2.75, 3.05) is 12.4 Å². The van der Waals surface area contributed by atoms with Crippen molar-refractivity contribution in [2.45, 2.75) is 20.0 Å². The molecule has 0 aromatic heterocycles. The van der Waals surface area contributed by atoms with Crippen LogP contribution in [0.4, 0.5) is 5.69 Å². The molecule has 0 aliphatic carbocycles. The van der Waals surface area contributed by atoms with Crippen LogP contribution in [0.15, 0.2) is 48.5 Å². The lowest BCUT2D eigenvalue weighted by molar-refractivity contribution is -0.147. The van der Waals surface area contributed by atoms with E-state index < -0.39 is 12.1 Å². The molecule has 0 spiro atoms. The van der Waals surface area contributed by atoms with E-state index in [1.807, 2.05) is 0 Å². The Morgan fingerprint density at radius 1 is 0.960 bits per heavy atom. The lowest BCUT2D eigenvalue weighted by Crippen LogP contribution is -2.32. The lowest BCUT2D eigenvalue weighted by Gasteiger charge is -2.18. The van der Waals surface area contributed by atoms with Gasteiger partial charge in [0.2, 0.25) is 0 Å². The number of carboxylic acid groups (broad SMARTS) is 1. The summed E-state index contributed by atoms with van der Waals surface area (Å²) in [5.74, 6) is -0.345. The van der Waals surface area contributed by atoms with E-state index in [1.165, 1.54) is 0 Å². The van der Waals surface area contributed by atoms with E-state index in [2.05, 4.69) is 5.32 Å². The van der Waals surface area contributed by atoms with E-state index in [1.54, 1.807) is 69.5 Å². The third-order valence-corrected chi connectivity index (χ3v) is 3.58. The number of benzene rings is 2. The summed E-state index contributed by atoms with van der Waals surface area (Å²) in [7, 11) is 1.57. The second-order valence-electron chi connectivity index (χ2n) is 5.83. The Bertz CT molecular complexity index is 722. The van der Waals surface area contributed by atoms with E-state index in [0.29, 0.717) is 22.7 Å². The van der Waals surface area contributed by atoms with Gasteiger partial charge < -0.3 is 19.9 Å². The molecule has 1 atom stereocenters. The van der Waals surface area contributed by atoms with Crippen LogP contribution >= 0.6 is 0 Å². The molecule has 0 radical (unpaired) electrons. The Morgan fingerprint density at radius 2 is 1.52 bits per heavy atom. The second kappa shape index (κ2) is 8.19. The van der Waals surface area contributed by atoms with Crippen LogP contribution in [-0.4, -0.2) is 30.2 Å². The lowest BCUT2D eigenvalue weighted by atomic mass is 10.1. The molecule has 2 aromatic carbocycles. The fourth-order valence-corrected chi connectivity index (χ4v) is 2.18. The standard InChI is InChI=1S/C19H21NO5/c1-12(2)17(19(22)23)25-16-8-4-13(5-9-16)18(21)20-14-6-10-15(24-3)11-7-14/h4-12,17H,1-3H3,(H,20,21)(H,22,23). The number of amides is 1. The number of aliphatic carboxylic acids is 1. The predicted molar refractivity (Wildman–Crippen MR) is 94.3 cm³/mol. The van der Waals surface area contributed by atoms with Gasteiger partial charge in [0.25, 0.3) is 5.91 Å². The molecule has 6 nitrogen and oxygen atoms in total. The van der Waals surface area contributed by atoms with Crippen LogP contribution < -0.4 is 14.8 Å². The highest BCUT2D eigenvalue weighted by molar-refractivity contribution is 6.04. The van der Waals surface area contributed by atoms with Crippen LogP contribution in [0.2, 0.25) is 0 Å². The molecule has 0 heterocycles. The summed E-state index contributed by atoms with van der Waals surface area (Å²) in [4.78, 5) is 23.4. The maximum Gasteiger partial charge on any atom is 0.345 e. The van der Waals surface area contributed by atoms with E-state index in [-0.39, 0.29) is 11.8 Å². The summed E-state index contributed by atoms with van der Waals surface area (Å²) >= 11 is 0. The van der Waals surface area contributed by atoms with Crippen LogP contribution in [0.1, 0.15) is 24.2 Å². The Kier molecular flexibility index (Phi) is 6.00. The fourth-order valence-electron chi connectivity index (χ4n) is 2.18. The fraction of sp³-hybridized carbons (Fsp3) is 0.263. The van der Waals surface area contributed by atoms with Gasteiger partial charge in [-0.3, -0.25) is 4.79 Å². The van der Waals surface area contributed by atoms with Gasteiger partial charge in [-0.2, -0.15) is 0 Å². The number of rotatable bonds is 7. The third kappa shape index (κ3) is 4.97. The molecule has 0 saturated heterocycles. The van der Waals surface area contributed by atoms with Gasteiger partial charge in [0, 0.05) is 17.2 Å². The van der Waals surface area contributed by atoms with Crippen molar-refractivity contribution >= 4 is 17.6 Å². The highest BCUT2D eigenvalue weighted by Gasteiger charge is 2.23. The molecule has 0 aliphatic rings. The minimum absolute atomic E-state index is 0.171. The second-order valence-corrected chi connectivity index (χ2v) is 5.83. The topological polar surface area (TPSA) is 84.9 Å². The molecule has 0 saturated carbocycles.